The van der Waals surface area contributed by atoms with Crippen LogP contribution in [0.3, 0.4) is 0 Å². The van der Waals surface area contributed by atoms with E-state index in [1.807, 2.05) is 0 Å². The van der Waals surface area contributed by atoms with Crippen LogP contribution >= 0.6 is 0 Å². The molecule has 2 bridgehead atoms. The predicted molar refractivity (Wildman–Crippen MR) is 57.0 cm³/mol. The molecule has 3 fully saturated rings. The average Bonchev–Trinajstić information content (AvgIpc) is 2.79. The molecular weight excluding hydrogens is 172 g/mol. The van der Waals surface area contributed by atoms with Gasteiger partial charge in [0.1, 0.15) is 0 Å². The van der Waals surface area contributed by atoms with Crippen molar-refractivity contribution < 1.29 is 5.11 Å². The summed E-state index contributed by atoms with van der Waals surface area (Å²) in [5.41, 5.74) is -0.219. The van der Waals surface area contributed by atoms with Gasteiger partial charge in [0.2, 0.25) is 0 Å². The van der Waals surface area contributed by atoms with Gasteiger partial charge in [0.25, 0.3) is 0 Å². The lowest BCUT2D eigenvalue weighted by molar-refractivity contribution is -0.0760. The molecule has 0 spiro atoms. The highest BCUT2D eigenvalue weighted by Gasteiger charge is 2.53. The van der Waals surface area contributed by atoms with Crippen LogP contribution in [0.25, 0.3) is 0 Å². The number of aliphatic hydroxyl groups is 1. The van der Waals surface area contributed by atoms with Gasteiger partial charge in [-0.2, -0.15) is 0 Å². The fourth-order valence-corrected chi connectivity index (χ4v) is 4.45. The van der Waals surface area contributed by atoms with E-state index in [4.69, 9.17) is 0 Å². The van der Waals surface area contributed by atoms with E-state index < -0.39 is 0 Å². The molecule has 1 nitrogen and oxygen atoms in total. The van der Waals surface area contributed by atoms with E-state index >= 15 is 0 Å². The molecule has 0 radical (unpaired) electrons. The molecule has 1 heteroatoms. The van der Waals surface area contributed by atoms with Crippen molar-refractivity contribution in [3.05, 3.63) is 0 Å². The fourth-order valence-electron chi connectivity index (χ4n) is 4.45. The monoisotopic (exact) mass is 194 g/mol. The van der Waals surface area contributed by atoms with Gasteiger partial charge in [0.15, 0.2) is 0 Å². The van der Waals surface area contributed by atoms with Gasteiger partial charge >= 0.3 is 0 Å². The zero-order valence-corrected chi connectivity index (χ0v) is 9.04. The van der Waals surface area contributed by atoms with Crippen molar-refractivity contribution in [1.29, 1.82) is 0 Å². The Balaban J connectivity index is 1.75. The summed E-state index contributed by atoms with van der Waals surface area (Å²) in [6.45, 7) is 0. The Morgan fingerprint density at radius 1 is 0.857 bits per heavy atom. The van der Waals surface area contributed by atoms with Crippen LogP contribution in [0.5, 0.6) is 0 Å². The summed E-state index contributed by atoms with van der Waals surface area (Å²) in [6.07, 6.45) is 11.9. The molecule has 3 atom stereocenters. The first-order valence-electron chi connectivity index (χ1n) is 6.51. The highest BCUT2D eigenvalue weighted by molar-refractivity contribution is 5.04. The molecule has 0 aromatic carbocycles. The third kappa shape index (κ3) is 1.25. The third-order valence-electron chi connectivity index (χ3n) is 5.18. The van der Waals surface area contributed by atoms with Crippen molar-refractivity contribution in [1.82, 2.24) is 0 Å². The van der Waals surface area contributed by atoms with Crippen LogP contribution in [0.2, 0.25) is 0 Å². The summed E-state index contributed by atoms with van der Waals surface area (Å²) in [7, 11) is 0. The second-order valence-electron chi connectivity index (χ2n) is 5.91. The SMILES string of the molecule is OC1(C2CCCCC2)CC2CCC1C2. The predicted octanol–water partition coefficient (Wildman–Crippen LogP) is 3.12. The van der Waals surface area contributed by atoms with Crippen LogP contribution in [0.4, 0.5) is 0 Å². The van der Waals surface area contributed by atoms with Crippen LogP contribution in [-0.4, -0.2) is 10.7 Å². The molecule has 3 aliphatic rings. The first kappa shape index (κ1) is 9.21. The van der Waals surface area contributed by atoms with Crippen molar-refractivity contribution in [2.24, 2.45) is 17.8 Å². The van der Waals surface area contributed by atoms with Crippen LogP contribution in [0, 0.1) is 17.8 Å². The highest BCUT2D eigenvalue weighted by atomic mass is 16.3. The summed E-state index contributed by atoms with van der Waals surface area (Å²) in [5.74, 6) is 2.22. The van der Waals surface area contributed by atoms with Gasteiger partial charge in [-0.15, -0.1) is 0 Å². The lowest BCUT2D eigenvalue weighted by atomic mass is 9.69. The molecule has 80 valence electrons. The average molecular weight is 194 g/mol. The Morgan fingerprint density at radius 3 is 2.21 bits per heavy atom. The topological polar surface area (TPSA) is 20.2 Å². The minimum Gasteiger partial charge on any atom is -0.389 e. The first-order valence-corrected chi connectivity index (χ1v) is 6.51. The molecule has 3 unspecified atom stereocenters. The van der Waals surface area contributed by atoms with E-state index in [2.05, 4.69) is 0 Å². The largest absolute Gasteiger partial charge is 0.389 e. The van der Waals surface area contributed by atoms with Crippen LogP contribution in [0.1, 0.15) is 57.8 Å². The van der Waals surface area contributed by atoms with Gasteiger partial charge in [-0.3, -0.25) is 0 Å². The number of fused-ring (bicyclic) bond motifs is 2. The Labute approximate surface area is 86.9 Å². The quantitative estimate of drug-likeness (QED) is 0.680. The second-order valence-corrected chi connectivity index (χ2v) is 5.91. The summed E-state index contributed by atoms with van der Waals surface area (Å²) < 4.78 is 0. The molecule has 0 heterocycles. The van der Waals surface area contributed by atoms with Crippen LogP contribution in [0.15, 0.2) is 0 Å². The molecular formula is C13H22O. The van der Waals surface area contributed by atoms with Gasteiger partial charge < -0.3 is 5.11 Å². The smallest absolute Gasteiger partial charge is 0.0706 e. The van der Waals surface area contributed by atoms with E-state index in [-0.39, 0.29) is 5.60 Å². The third-order valence-corrected chi connectivity index (χ3v) is 5.18. The van der Waals surface area contributed by atoms with Crippen molar-refractivity contribution in [2.75, 3.05) is 0 Å². The molecule has 0 aliphatic heterocycles. The van der Waals surface area contributed by atoms with Crippen LogP contribution in [-0.2, 0) is 0 Å². The molecule has 14 heavy (non-hydrogen) atoms. The maximum Gasteiger partial charge on any atom is 0.0706 e. The minimum absolute atomic E-state index is 0.219. The molecule has 0 aromatic rings. The lowest BCUT2D eigenvalue weighted by Gasteiger charge is -2.41. The van der Waals surface area contributed by atoms with Crippen molar-refractivity contribution in [2.45, 2.75) is 63.4 Å². The van der Waals surface area contributed by atoms with Gasteiger partial charge in [0.05, 0.1) is 5.60 Å². The van der Waals surface area contributed by atoms with Crippen LogP contribution < -0.4 is 0 Å². The Morgan fingerprint density at radius 2 is 1.64 bits per heavy atom. The number of hydrogen-bond donors (Lipinski definition) is 1. The number of rotatable bonds is 1. The molecule has 3 saturated carbocycles. The van der Waals surface area contributed by atoms with Gasteiger partial charge in [0, 0.05) is 0 Å². The Kier molecular flexibility index (Phi) is 2.12. The van der Waals surface area contributed by atoms with Crippen molar-refractivity contribution >= 4 is 0 Å². The zero-order valence-electron chi connectivity index (χ0n) is 9.04. The molecule has 1 N–H and O–H groups in total. The molecule has 3 rings (SSSR count). The van der Waals surface area contributed by atoms with E-state index in [1.165, 1.54) is 51.4 Å². The van der Waals surface area contributed by atoms with E-state index in [9.17, 15) is 5.11 Å². The lowest BCUT2D eigenvalue weighted by Crippen LogP contribution is -2.43. The minimum atomic E-state index is -0.219. The van der Waals surface area contributed by atoms with E-state index in [0.717, 1.165) is 12.3 Å². The normalized spacial score (nSPS) is 48.6. The number of hydrogen-bond acceptors (Lipinski definition) is 1. The molecule has 0 aromatic heterocycles. The van der Waals surface area contributed by atoms with E-state index in [0.29, 0.717) is 11.8 Å². The van der Waals surface area contributed by atoms with Gasteiger partial charge in [-0.05, 0) is 56.3 Å². The van der Waals surface area contributed by atoms with Gasteiger partial charge in [-0.25, -0.2) is 0 Å². The summed E-state index contributed by atoms with van der Waals surface area (Å²) >= 11 is 0. The zero-order chi connectivity index (χ0) is 9.60. The highest BCUT2D eigenvalue weighted by Crippen LogP contribution is 2.55. The molecule has 0 saturated heterocycles. The van der Waals surface area contributed by atoms with E-state index in [1.54, 1.807) is 0 Å². The molecule has 3 aliphatic carbocycles. The van der Waals surface area contributed by atoms with Crippen molar-refractivity contribution in [3.63, 3.8) is 0 Å². The Bertz CT molecular complexity index is 219. The van der Waals surface area contributed by atoms with Gasteiger partial charge in [-0.1, -0.05) is 19.3 Å². The first-order chi connectivity index (χ1) is 6.79. The Hall–Kier alpha value is -0.0400. The summed E-state index contributed by atoms with van der Waals surface area (Å²) in [6, 6.07) is 0. The molecule has 0 amide bonds. The van der Waals surface area contributed by atoms with Crippen molar-refractivity contribution in [3.8, 4) is 0 Å². The fraction of sp³-hybridized carbons (Fsp3) is 1.00. The summed E-state index contributed by atoms with van der Waals surface area (Å²) in [4.78, 5) is 0. The maximum atomic E-state index is 10.8. The standard InChI is InChI=1S/C13H22O/c14-13(11-4-2-1-3-5-11)9-10-6-7-12(13)8-10/h10-12,14H,1-9H2. The second kappa shape index (κ2) is 3.23. The summed E-state index contributed by atoms with van der Waals surface area (Å²) in [5, 5.41) is 10.8. The maximum absolute atomic E-state index is 10.8.